The molecule has 0 fully saturated rings. The van der Waals surface area contributed by atoms with Crippen molar-refractivity contribution in [3.63, 3.8) is 0 Å². The van der Waals surface area contributed by atoms with Crippen molar-refractivity contribution in [3.05, 3.63) is 22.4 Å². The van der Waals surface area contributed by atoms with Gasteiger partial charge in [0.05, 0.1) is 16.0 Å². The summed E-state index contributed by atoms with van der Waals surface area (Å²) < 4.78 is 19.0. The third kappa shape index (κ3) is 2.61. The molecule has 1 aromatic rings. The van der Waals surface area contributed by atoms with Gasteiger partial charge in [-0.15, -0.1) is 11.8 Å². The average molecular weight is 265 g/mol. The Balaban J connectivity index is 3.13. The van der Waals surface area contributed by atoms with Crippen LogP contribution >= 0.6 is 27.7 Å². The second-order valence-corrected chi connectivity index (χ2v) is 4.05. The lowest BCUT2D eigenvalue weighted by atomic mass is 10.3. The van der Waals surface area contributed by atoms with Crippen molar-refractivity contribution < 1.29 is 9.13 Å². The average Bonchev–Trinajstić information content (AvgIpc) is 2.09. The molecular weight excluding hydrogens is 255 g/mol. The van der Waals surface area contributed by atoms with Gasteiger partial charge in [0.25, 0.3) is 0 Å². The molecule has 0 saturated heterocycles. The summed E-state index contributed by atoms with van der Waals surface area (Å²) in [5, 5.41) is 0. The summed E-state index contributed by atoms with van der Waals surface area (Å²) in [4.78, 5) is 0.814. The first-order chi connectivity index (χ1) is 6.19. The predicted molar refractivity (Wildman–Crippen MR) is 57.1 cm³/mol. The number of thioether (sulfide) groups is 1. The van der Waals surface area contributed by atoms with Gasteiger partial charge in [0.1, 0.15) is 11.6 Å². The predicted octanol–water partition coefficient (Wildman–Crippen LogP) is 3.71. The van der Waals surface area contributed by atoms with Gasteiger partial charge in [-0.25, -0.2) is 4.39 Å². The fraction of sp³-hybridized carbons (Fsp3) is 0.333. The van der Waals surface area contributed by atoms with Crippen LogP contribution < -0.4 is 4.74 Å². The molecule has 0 aliphatic carbocycles. The van der Waals surface area contributed by atoms with E-state index < -0.39 is 0 Å². The van der Waals surface area contributed by atoms with E-state index in [4.69, 9.17) is 4.74 Å². The van der Waals surface area contributed by atoms with Gasteiger partial charge in [-0.3, -0.25) is 0 Å². The summed E-state index contributed by atoms with van der Waals surface area (Å²) in [6, 6.07) is 2.88. The molecule has 0 N–H and O–H groups in total. The van der Waals surface area contributed by atoms with Gasteiger partial charge in [0.2, 0.25) is 0 Å². The molecular formula is C9H10BrFOS. The molecule has 0 unspecified atom stereocenters. The minimum atomic E-state index is -0.250. The number of ether oxygens (including phenoxy) is 1. The topological polar surface area (TPSA) is 9.23 Å². The Bertz CT molecular complexity index is 304. The first kappa shape index (κ1) is 10.9. The van der Waals surface area contributed by atoms with E-state index in [0.717, 1.165) is 10.6 Å². The number of hydrogen-bond donors (Lipinski definition) is 0. The summed E-state index contributed by atoms with van der Waals surface area (Å²) in [5.41, 5.74) is 0. The number of rotatable bonds is 3. The Morgan fingerprint density at radius 1 is 1.54 bits per heavy atom. The van der Waals surface area contributed by atoms with Crippen molar-refractivity contribution in [2.45, 2.75) is 11.8 Å². The Hall–Kier alpha value is -0.220. The number of halogens is 2. The Kier molecular flexibility index (Phi) is 4.06. The summed E-state index contributed by atoms with van der Waals surface area (Å²) >= 11 is 4.73. The molecule has 0 amide bonds. The Labute approximate surface area is 89.8 Å². The van der Waals surface area contributed by atoms with Gasteiger partial charge in [-0.05, 0) is 41.2 Å². The molecule has 4 heteroatoms. The number of hydrogen-bond acceptors (Lipinski definition) is 2. The fourth-order valence-electron chi connectivity index (χ4n) is 0.973. The van der Waals surface area contributed by atoms with E-state index in [9.17, 15) is 4.39 Å². The molecule has 72 valence electrons. The maximum atomic E-state index is 12.9. The molecule has 1 aromatic carbocycles. The molecule has 0 bridgehead atoms. The van der Waals surface area contributed by atoms with Crippen molar-refractivity contribution in [2.24, 2.45) is 0 Å². The maximum Gasteiger partial charge on any atom is 0.147 e. The summed E-state index contributed by atoms with van der Waals surface area (Å²) in [6.07, 6.45) is 1.89. The van der Waals surface area contributed by atoms with E-state index in [0.29, 0.717) is 11.1 Å². The maximum absolute atomic E-state index is 12.9. The van der Waals surface area contributed by atoms with Gasteiger partial charge in [-0.2, -0.15) is 0 Å². The molecule has 0 saturated carbocycles. The number of benzene rings is 1. The highest BCUT2D eigenvalue weighted by Crippen LogP contribution is 2.35. The van der Waals surface area contributed by atoms with Crippen LogP contribution in [-0.4, -0.2) is 12.9 Å². The molecule has 0 atom stereocenters. The van der Waals surface area contributed by atoms with Crippen molar-refractivity contribution in [1.29, 1.82) is 0 Å². The van der Waals surface area contributed by atoms with Crippen molar-refractivity contribution in [2.75, 3.05) is 12.9 Å². The zero-order chi connectivity index (χ0) is 9.84. The Morgan fingerprint density at radius 2 is 2.23 bits per heavy atom. The van der Waals surface area contributed by atoms with Crippen LogP contribution in [-0.2, 0) is 0 Å². The minimum absolute atomic E-state index is 0.250. The lowest BCUT2D eigenvalue weighted by Crippen LogP contribution is -1.95. The van der Waals surface area contributed by atoms with E-state index >= 15 is 0 Å². The van der Waals surface area contributed by atoms with E-state index in [1.54, 1.807) is 0 Å². The highest BCUT2D eigenvalue weighted by atomic mass is 79.9. The lowest BCUT2D eigenvalue weighted by molar-refractivity contribution is 0.329. The van der Waals surface area contributed by atoms with Crippen LogP contribution in [0, 0.1) is 5.82 Å². The highest BCUT2D eigenvalue weighted by molar-refractivity contribution is 9.10. The lowest BCUT2D eigenvalue weighted by Gasteiger charge is -2.10. The zero-order valence-electron chi connectivity index (χ0n) is 7.43. The van der Waals surface area contributed by atoms with Crippen molar-refractivity contribution >= 4 is 27.7 Å². The molecule has 0 aliphatic rings. The summed E-state index contributed by atoms with van der Waals surface area (Å²) in [5.74, 6) is 0.469. The van der Waals surface area contributed by atoms with Crippen LogP contribution in [0.25, 0.3) is 0 Å². The second-order valence-electron chi connectivity index (χ2n) is 2.35. The first-order valence-electron chi connectivity index (χ1n) is 3.84. The molecule has 1 rings (SSSR count). The van der Waals surface area contributed by atoms with E-state index in [1.807, 2.05) is 13.2 Å². The van der Waals surface area contributed by atoms with E-state index in [-0.39, 0.29) is 5.82 Å². The van der Waals surface area contributed by atoms with Crippen LogP contribution in [0.5, 0.6) is 5.75 Å². The van der Waals surface area contributed by atoms with Crippen LogP contribution in [0.15, 0.2) is 21.5 Å². The monoisotopic (exact) mass is 264 g/mol. The summed E-state index contributed by atoms with van der Waals surface area (Å²) in [7, 11) is 0. The van der Waals surface area contributed by atoms with Crippen molar-refractivity contribution in [1.82, 2.24) is 0 Å². The third-order valence-electron chi connectivity index (χ3n) is 1.48. The fourth-order valence-corrected chi connectivity index (χ4v) is 2.24. The van der Waals surface area contributed by atoms with Crippen LogP contribution in [0.3, 0.4) is 0 Å². The molecule has 0 heterocycles. The minimum Gasteiger partial charge on any atom is -0.492 e. The highest BCUT2D eigenvalue weighted by Gasteiger charge is 2.09. The van der Waals surface area contributed by atoms with Crippen LogP contribution in [0.1, 0.15) is 6.92 Å². The quantitative estimate of drug-likeness (QED) is 0.770. The van der Waals surface area contributed by atoms with Crippen LogP contribution in [0.4, 0.5) is 4.39 Å². The molecule has 0 radical (unpaired) electrons. The second kappa shape index (κ2) is 4.86. The zero-order valence-corrected chi connectivity index (χ0v) is 9.84. The molecule has 0 aliphatic heterocycles. The smallest absolute Gasteiger partial charge is 0.147 e. The molecule has 0 spiro atoms. The van der Waals surface area contributed by atoms with Crippen molar-refractivity contribution in [3.8, 4) is 5.75 Å². The van der Waals surface area contributed by atoms with Gasteiger partial charge < -0.3 is 4.74 Å². The Morgan fingerprint density at radius 3 is 2.77 bits per heavy atom. The summed E-state index contributed by atoms with van der Waals surface area (Å²) in [6.45, 7) is 2.48. The normalized spacial score (nSPS) is 10.2. The van der Waals surface area contributed by atoms with E-state index in [1.165, 1.54) is 23.9 Å². The van der Waals surface area contributed by atoms with Crippen LogP contribution in [0.2, 0.25) is 0 Å². The molecule has 0 aromatic heterocycles. The standard InChI is InChI=1S/C9H10BrFOS/c1-3-12-9-7(10)4-6(11)5-8(9)13-2/h4-5H,3H2,1-2H3. The molecule has 1 nitrogen and oxygen atoms in total. The first-order valence-corrected chi connectivity index (χ1v) is 5.86. The van der Waals surface area contributed by atoms with Gasteiger partial charge >= 0.3 is 0 Å². The molecule has 13 heavy (non-hydrogen) atoms. The van der Waals surface area contributed by atoms with Gasteiger partial charge in [0, 0.05) is 0 Å². The third-order valence-corrected chi connectivity index (χ3v) is 2.82. The van der Waals surface area contributed by atoms with Gasteiger partial charge in [-0.1, -0.05) is 0 Å². The van der Waals surface area contributed by atoms with E-state index in [2.05, 4.69) is 15.9 Å². The van der Waals surface area contributed by atoms with Gasteiger partial charge in [0.15, 0.2) is 0 Å². The SMILES string of the molecule is CCOc1c(Br)cc(F)cc1SC. The largest absolute Gasteiger partial charge is 0.492 e.